The van der Waals surface area contributed by atoms with Gasteiger partial charge in [-0.3, -0.25) is 10.1 Å². The molecule has 0 bridgehead atoms. The van der Waals surface area contributed by atoms with Crippen molar-refractivity contribution in [3.8, 4) is 0 Å². The van der Waals surface area contributed by atoms with Gasteiger partial charge in [0.05, 0.1) is 9.96 Å². The van der Waals surface area contributed by atoms with Gasteiger partial charge in [-0.15, -0.1) is 0 Å². The maximum Gasteiger partial charge on any atom is 0.248 e. The predicted octanol–water partition coefficient (Wildman–Crippen LogP) is 2.36. The molecule has 1 aliphatic carbocycles. The topological polar surface area (TPSA) is 43.1 Å². The zero-order valence-electron chi connectivity index (χ0n) is 5.51. The Bertz CT molecular complexity index is 259. The van der Waals surface area contributed by atoms with Crippen LogP contribution in [0.3, 0.4) is 0 Å². The molecule has 0 fully saturated rings. The number of hydrogen-bond donors (Lipinski definition) is 0. The number of nitrogens with zero attached hydrogens (tertiary/aromatic N) is 1. The molecule has 1 rings (SSSR count). The standard InChI is InChI=1S/C6H5ClFNO2/c7-5-3-4(9(10)11)1-2-6(5)8/h3H,1-2H2. The smallest absolute Gasteiger partial charge is 0.248 e. The van der Waals surface area contributed by atoms with E-state index < -0.39 is 10.8 Å². The Morgan fingerprint density at radius 3 is 2.73 bits per heavy atom. The normalized spacial score (nSPS) is 18.2. The molecule has 0 N–H and O–H groups in total. The largest absolute Gasteiger partial charge is 0.259 e. The van der Waals surface area contributed by atoms with E-state index in [2.05, 4.69) is 0 Å². The molecule has 0 aromatic rings. The summed E-state index contributed by atoms with van der Waals surface area (Å²) in [4.78, 5) is 9.59. The molecule has 0 saturated carbocycles. The van der Waals surface area contributed by atoms with Gasteiger partial charge in [-0.1, -0.05) is 11.6 Å². The number of halogens is 2. The van der Waals surface area contributed by atoms with Crippen molar-refractivity contribution in [2.45, 2.75) is 12.8 Å². The lowest BCUT2D eigenvalue weighted by Crippen LogP contribution is -2.02. The molecular weight excluding hydrogens is 173 g/mol. The molecule has 11 heavy (non-hydrogen) atoms. The van der Waals surface area contributed by atoms with Crippen LogP contribution in [0.1, 0.15) is 12.8 Å². The third kappa shape index (κ3) is 1.77. The molecule has 0 aromatic heterocycles. The Hall–Kier alpha value is -0.900. The fourth-order valence-corrected chi connectivity index (χ4v) is 1.02. The molecule has 3 nitrogen and oxygen atoms in total. The lowest BCUT2D eigenvalue weighted by atomic mass is 10.1. The molecule has 0 amide bonds. The van der Waals surface area contributed by atoms with Crippen molar-refractivity contribution in [3.63, 3.8) is 0 Å². The van der Waals surface area contributed by atoms with Gasteiger partial charge in [-0.05, 0) is 0 Å². The van der Waals surface area contributed by atoms with Crippen molar-refractivity contribution in [2.24, 2.45) is 0 Å². The van der Waals surface area contributed by atoms with Crippen LogP contribution in [0.15, 0.2) is 22.6 Å². The minimum absolute atomic E-state index is 0.0311. The molecule has 0 unspecified atom stereocenters. The molecule has 0 saturated heterocycles. The highest BCUT2D eigenvalue weighted by molar-refractivity contribution is 6.31. The summed E-state index contributed by atoms with van der Waals surface area (Å²) in [6.45, 7) is 0. The Balaban J connectivity index is 2.89. The first kappa shape index (κ1) is 8.20. The summed E-state index contributed by atoms with van der Waals surface area (Å²) in [5, 5.41) is 9.99. The van der Waals surface area contributed by atoms with Crippen LogP contribution in [-0.2, 0) is 0 Å². The van der Waals surface area contributed by atoms with E-state index in [4.69, 9.17) is 11.6 Å². The maximum absolute atomic E-state index is 12.5. The lowest BCUT2D eigenvalue weighted by Gasteiger charge is -2.04. The predicted molar refractivity (Wildman–Crippen MR) is 38.3 cm³/mol. The fraction of sp³-hybridized carbons (Fsp3) is 0.333. The summed E-state index contributed by atoms with van der Waals surface area (Å²) in [6, 6.07) is 0. The zero-order chi connectivity index (χ0) is 8.43. The Morgan fingerprint density at radius 1 is 1.64 bits per heavy atom. The van der Waals surface area contributed by atoms with Gasteiger partial charge in [0, 0.05) is 18.9 Å². The molecule has 0 spiro atoms. The van der Waals surface area contributed by atoms with Gasteiger partial charge in [-0.25, -0.2) is 4.39 Å². The second-order valence-corrected chi connectivity index (χ2v) is 2.55. The van der Waals surface area contributed by atoms with E-state index in [9.17, 15) is 14.5 Å². The summed E-state index contributed by atoms with van der Waals surface area (Å²) < 4.78 is 12.5. The van der Waals surface area contributed by atoms with Gasteiger partial charge < -0.3 is 0 Å². The first-order valence-electron chi connectivity index (χ1n) is 3.00. The van der Waals surface area contributed by atoms with Crippen molar-refractivity contribution in [2.75, 3.05) is 0 Å². The lowest BCUT2D eigenvalue weighted by molar-refractivity contribution is -0.428. The molecule has 5 heteroatoms. The molecule has 0 radical (unpaired) electrons. The van der Waals surface area contributed by atoms with Crippen LogP contribution in [0.4, 0.5) is 4.39 Å². The highest BCUT2D eigenvalue weighted by Crippen LogP contribution is 2.26. The van der Waals surface area contributed by atoms with Gasteiger partial charge in [0.2, 0.25) is 5.70 Å². The van der Waals surface area contributed by atoms with Crippen molar-refractivity contribution in [1.82, 2.24) is 0 Å². The quantitative estimate of drug-likeness (QED) is 0.456. The van der Waals surface area contributed by atoms with Crippen LogP contribution in [-0.4, -0.2) is 4.92 Å². The summed E-state index contributed by atoms with van der Waals surface area (Å²) in [7, 11) is 0. The van der Waals surface area contributed by atoms with Crippen LogP contribution in [0, 0.1) is 10.1 Å². The second kappa shape index (κ2) is 3.00. The Kier molecular flexibility index (Phi) is 2.24. The second-order valence-electron chi connectivity index (χ2n) is 2.15. The molecule has 0 atom stereocenters. The molecule has 60 valence electrons. The van der Waals surface area contributed by atoms with Gasteiger partial charge in [0.15, 0.2) is 0 Å². The van der Waals surface area contributed by atoms with E-state index in [0.29, 0.717) is 0 Å². The minimum atomic E-state index is -0.547. The number of rotatable bonds is 1. The van der Waals surface area contributed by atoms with Crippen molar-refractivity contribution in [1.29, 1.82) is 0 Å². The Labute approximate surface area is 67.3 Å². The Morgan fingerprint density at radius 2 is 2.27 bits per heavy atom. The van der Waals surface area contributed by atoms with Crippen LogP contribution in [0.5, 0.6) is 0 Å². The summed E-state index contributed by atoms with van der Waals surface area (Å²) >= 11 is 5.33. The summed E-state index contributed by atoms with van der Waals surface area (Å²) in [6.07, 6.45) is 1.21. The van der Waals surface area contributed by atoms with Gasteiger partial charge in [0.1, 0.15) is 5.83 Å². The first-order chi connectivity index (χ1) is 5.11. The zero-order valence-corrected chi connectivity index (χ0v) is 6.27. The molecule has 1 aliphatic rings. The van der Waals surface area contributed by atoms with E-state index in [1.807, 2.05) is 0 Å². The number of nitro groups is 1. The van der Waals surface area contributed by atoms with Crippen LogP contribution in [0.25, 0.3) is 0 Å². The third-order valence-electron chi connectivity index (χ3n) is 1.39. The van der Waals surface area contributed by atoms with Crippen molar-refractivity contribution < 1.29 is 9.31 Å². The van der Waals surface area contributed by atoms with Gasteiger partial charge >= 0.3 is 0 Å². The van der Waals surface area contributed by atoms with E-state index >= 15 is 0 Å². The molecule has 0 aromatic carbocycles. The van der Waals surface area contributed by atoms with Crippen molar-refractivity contribution >= 4 is 11.6 Å². The van der Waals surface area contributed by atoms with E-state index in [-0.39, 0.29) is 23.6 Å². The van der Waals surface area contributed by atoms with E-state index in [1.165, 1.54) is 0 Å². The van der Waals surface area contributed by atoms with E-state index in [1.54, 1.807) is 0 Å². The highest BCUT2D eigenvalue weighted by atomic mass is 35.5. The monoisotopic (exact) mass is 177 g/mol. The van der Waals surface area contributed by atoms with Crippen LogP contribution in [0.2, 0.25) is 0 Å². The highest BCUT2D eigenvalue weighted by Gasteiger charge is 2.19. The fourth-order valence-electron chi connectivity index (χ4n) is 0.798. The van der Waals surface area contributed by atoms with Crippen LogP contribution < -0.4 is 0 Å². The van der Waals surface area contributed by atoms with Gasteiger partial charge in [-0.2, -0.15) is 0 Å². The number of allylic oxidation sites excluding steroid dienone is 4. The molecule has 0 heterocycles. The number of hydrogen-bond acceptors (Lipinski definition) is 2. The first-order valence-corrected chi connectivity index (χ1v) is 3.38. The van der Waals surface area contributed by atoms with E-state index in [0.717, 1.165) is 6.08 Å². The average molecular weight is 178 g/mol. The summed E-state index contributed by atoms with van der Waals surface area (Å²) in [5.74, 6) is -0.475. The molecular formula is C6H5ClFNO2. The van der Waals surface area contributed by atoms with Crippen LogP contribution >= 0.6 is 11.6 Å². The molecule has 0 aliphatic heterocycles. The van der Waals surface area contributed by atoms with Gasteiger partial charge in [0.25, 0.3) is 0 Å². The maximum atomic E-state index is 12.5. The summed E-state index contributed by atoms with van der Waals surface area (Å²) in [5.41, 5.74) is -0.0311. The van der Waals surface area contributed by atoms with Crippen molar-refractivity contribution in [3.05, 3.63) is 32.7 Å². The SMILES string of the molecule is O=[N+]([O-])C1=CC(Cl)=C(F)CC1. The minimum Gasteiger partial charge on any atom is -0.259 e. The average Bonchev–Trinajstić information content (AvgIpc) is 1.94. The third-order valence-corrected chi connectivity index (χ3v) is 1.70.